The van der Waals surface area contributed by atoms with Gasteiger partial charge in [-0.25, -0.2) is 0 Å². The third kappa shape index (κ3) is 3.04. The quantitative estimate of drug-likeness (QED) is 0.839. The number of pyridine rings is 2. The number of amides is 1. The summed E-state index contributed by atoms with van der Waals surface area (Å²) in [4.78, 5) is 19.6. The summed E-state index contributed by atoms with van der Waals surface area (Å²) in [7, 11) is 0. The van der Waals surface area contributed by atoms with E-state index in [-0.39, 0.29) is 5.91 Å². The molecule has 0 saturated heterocycles. The van der Waals surface area contributed by atoms with Gasteiger partial charge in [0.05, 0.1) is 5.56 Å². The van der Waals surface area contributed by atoms with E-state index in [1.54, 1.807) is 24.7 Å². The molecule has 5 nitrogen and oxygen atoms in total. The van der Waals surface area contributed by atoms with Crippen LogP contribution in [0.5, 0.6) is 0 Å². The Kier molecular flexibility index (Phi) is 3.86. The summed E-state index contributed by atoms with van der Waals surface area (Å²) in [6, 6.07) is 5.45. The average molecular weight is 242 g/mol. The van der Waals surface area contributed by atoms with Crippen molar-refractivity contribution in [2.75, 3.05) is 12.3 Å². The number of nitrogens with zero attached hydrogens (tertiary/aromatic N) is 2. The molecule has 2 aromatic heterocycles. The molecule has 2 heterocycles. The van der Waals surface area contributed by atoms with E-state index >= 15 is 0 Å². The van der Waals surface area contributed by atoms with E-state index in [9.17, 15) is 4.79 Å². The predicted molar refractivity (Wildman–Crippen MR) is 68.9 cm³/mol. The summed E-state index contributed by atoms with van der Waals surface area (Å²) in [5.74, 6) is -0.199. The van der Waals surface area contributed by atoms with E-state index in [0.29, 0.717) is 17.8 Å². The van der Waals surface area contributed by atoms with Crippen LogP contribution in [0.3, 0.4) is 0 Å². The zero-order valence-corrected chi connectivity index (χ0v) is 9.84. The number of nitrogens with one attached hydrogen (secondary N) is 1. The number of nitrogens with two attached hydrogens (primary N) is 1. The Morgan fingerprint density at radius 1 is 1.17 bits per heavy atom. The Balaban J connectivity index is 1.88. The molecule has 0 bridgehead atoms. The van der Waals surface area contributed by atoms with Gasteiger partial charge in [-0.2, -0.15) is 0 Å². The van der Waals surface area contributed by atoms with Crippen LogP contribution in [0.2, 0.25) is 0 Å². The fourth-order valence-electron chi connectivity index (χ4n) is 1.56. The van der Waals surface area contributed by atoms with E-state index < -0.39 is 0 Å². The topological polar surface area (TPSA) is 80.9 Å². The number of anilines is 1. The largest absolute Gasteiger partial charge is 0.398 e. The maximum Gasteiger partial charge on any atom is 0.254 e. The molecule has 0 spiro atoms. The predicted octanol–water partition coefficient (Wildman–Crippen LogP) is 1.03. The summed E-state index contributed by atoms with van der Waals surface area (Å²) < 4.78 is 0. The molecular formula is C13H14N4O. The van der Waals surface area contributed by atoms with Crippen molar-refractivity contribution in [3.63, 3.8) is 0 Å². The van der Waals surface area contributed by atoms with Crippen LogP contribution in [0, 0.1) is 0 Å². The summed E-state index contributed by atoms with van der Waals surface area (Å²) in [6.45, 7) is 0.553. The second kappa shape index (κ2) is 5.77. The Hall–Kier alpha value is -2.43. The first-order chi connectivity index (χ1) is 8.77. The van der Waals surface area contributed by atoms with Gasteiger partial charge in [0.1, 0.15) is 0 Å². The summed E-state index contributed by atoms with van der Waals surface area (Å²) in [6.07, 6.45) is 7.25. The van der Waals surface area contributed by atoms with Gasteiger partial charge in [0.2, 0.25) is 0 Å². The van der Waals surface area contributed by atoms with Gasteiger partial charge in [0.15, 0.2) is 0 Å². The maximum atomic E-state index is 11.8. The van der Waals surface area contributed by atoms with Crippen molar-refractivity contribution in [3.05, 3.63) is 54.1 Å². The van der Waals surface area contributed by atoms with Crippen LogP contribution < -0.4 is 11.1 Å². The minimum absolute atomic E-state index is 0.199. The van der Waals surface area contributed by atoms with Crippen molar-refractivity contribution in [1.82, 2.24) is 15.3 Å². The van der Waals surface area contributed by atoms with Crippen LogP contribution in [0.4, 0.5) is 5.69 Å². The molecule has 0 radical (unpaired) electrons. The van der Waals surface area contributed by atoms with Gasteiger partial charge in [-0.15, -0.1) is 0 Å². The van der Waals surface area contributed by atoms with Crippen LogP contribution in [0.1, 0.15) is 15.9 Å². The van der Waals surface area contributed by atoms with Gasteiger partial charge in [-0.1, -0.05) is 0 Å². The SMILES string of the molecule is Nc1ccncc1C(=O)NCCc1ccncc1. The Labute approximate surface area is 105 Å². The molecule has 5 heteroatoms. The van der Waals surface area contributed by atoms with Crippen LogP contribution in [0.25, 0.3) is 0 Å². The van der Waals surface area contributed by atoms with Gasteiger partial charge >= 0.3 is 0 Å². The standard InChI is InChI=1S/C13H14N4O/c14-12-4-7-16-9-11(12)13(18)17-8-3-10-1-5-15-6-2-10/h1-2,4-7,9H,3,8H2,(H2,14,16)(H,17,18). The van der Waals surface area contributed by atoms with Gasteiger partial charge in [-0.3, -0.25) is 14.8 Å². The average Bonchev–Trinajstić information content (AvgIpc) is 2.40. The smallest absolute Gasteiger partial charge is 0.254 e. The number of carbonyl (C=O) groups excluding carboxylic acids is 1. The molecule has 0 saturated carbocycles. The summed E-state index contributed by atoms with van der Waals surface area (Å²) in [5, 5.41) is 2.81. The molecule has 2 aromatic rings. The lowest BCUT2D eigenvalue weighted by Gasteiger charge is -2.06. The lowest BCUT2D eigenvalue weighted by Crippen LogP contribution is -2.26. The molecule has 0 aromatic carbocycles. The Bertz CT molecular complexity index is 528. The van der Waals surface area contributed by atoms with Gasteiger partial charge in [0, 0.05) is 37.0 Å². The molecule has 0 aliphatic carbocycles. The second-order valence-electron chi connectivity index (χ2n) is 3.82. The minimum Gasteiger partial charge on any atom is -0.398 e. The van der Waals surface area contributed by atoms with E-state index in [0.717, 1.165) is 12.0 Å². The number of carbonyl (C=O) groups is 1. The van der Waals surface area contributed by atoms with E-state index in [1.165, 1.54) is 6.20 Å². The highest BCUT2D eigenvalue weighted by Gasteiger charge is 2.08. The Morgan fingerprint density at radius 3 is 2.61 bits per heavy atom. The van der Waals surface area contributed by atoms with E-state index in [1.807, 2.05) is 12.1 Å². The highest BCUT2D eigenvalue weighted by molar-refractivity contribution is 5.98. The second-order valence-corrected chi connectivity index (χ2v) is 3.82. The maximum absolute atomic E-state index is 11.8. The van der Waals surface area contributed by atoms with Crippen molar-refractivity contribution in [2.45, 2.75) is 6.42 Å². The van der Waals surface area contributed by atoms with Crippen molar-refractivity contribution in [1.29, 1.82) is 0 Å². The first-order valence-electron chi connectivity index (χ1n) is 5.64. The van der Waals surface area contributed by atoms with Crippen LogP contribution in [-0.2, 0) is 6.42 Å². The summed E-state index contributed by atoms with van der Waals surface area (Å²) >= 11 is 0. The van der Waals surface area contributed by atoms with E-state index in [2.05, 4.69) is 15.3 Å². The number of rotatable bonds is 4. The van der Waals surface area contributed by atoms with E-state index in [4.69, 9.17) is 5.73 Å². The molecule has 0 aliphatic rings. The van der Waals surface area contributed by atoms with Crippen LogP contribution >= 0.6 is 0 Å². The third-order valence-electron chi connectivity index (χ3n) is 2.55. The highest BCUT2D eigenvalue weighted by Crippen LogP contribution is 2.07. The number of aromatic nitrogens is 2. The lowest BCUT2D eigenvalue weighted by molar-refractivity contribution is 0.0954. The molecule has 0 fully saturated rings. The van der Waals surface area contributed by atoms with Crippen molar-refractivity contribution in [2.24, 2.45) is 0 Å². The zero-order chi connectivity index (χ0) is 12.8. The minimum atomic E-state index is -0.199. The molecule has 0 aliphatic heterocycles. The molecule has 0 atom stereocenters. The molecule has 1 amide bonds. The van der Waals surface area contributed by atoms with Gasteiger partial charge in [-0.05, 0) is 30.2 Å². The molecular weight excluding hydrogens is 228 g/mol. The molecule has 92 valence electrons. The third-order valence-corrected chi connectivity index (χ3v) is 2.55. The highest BCUT2D eigenvalue weighted by atomic mass is 16.1. The normalized spacial score (nSPS) is 10.0. The monoisotopic (exact) mass is 242 g/mol. The van der Waals surface area contributed by atoms with Crippen molar-refractivity contribution < 1.29 is 4.79 Å². The fraction of sp³-hybridized carbons (Fsp3) is 0.154. The molecule has 18 heavy (non-hydrogen) atoms. The lowest BCUT2D eigenvalue weighted by atomic mass is 10.2. The molecule has 0 unspecified atom stereocenters. The van der Waals surface area contributed by atoms with Gasteiger partial charge in [0.25, 0.3) is 5.91 Å². The number of nitrogen functional groups attached to an aromatic ring is 1. The molecule has 3 N–H and O–H groups in total. The molecule has 2 rings (SSSR count). The van der Waals surface area contributed by atoms with Crippen molar-refractivity contribution in [3.8, 4) is 0 Å². The first-order valence-corrected chi connectivity index (χ1v) is 5.64. The fourth-order valence-corrected chi connectivity index (χ4v) is 1.56. The zero-order valence-electron chi connectivity index (χ0n) is 9.84. The van der Waals surface area contributed by atoms with Crippen LogP contribution in [-0.4, -0.2) is 22.4 Å². The first kappa shape index (κ1) is 12.0. The summed E-state index contributed by atoms with van der Waals surface area (Å²) in [5.41, 5.74) is 7.67. The number of hydrogen-bond donors (Lipinski definition) is 2. The van der Waals surface area contributed by atoms with Crippen LogP contribution in [0.15, 0.2) is 43.0 Å². The number of hydrogen-bond acceptors (Lipinski definition) is 4. The van der Waals surface area contributed by atoms with Crippen molar-refractivity contribution >= 4 is 11.6 Å². The Morgan fingerprint density at radius 2 is 1.89 bits per heavy atom. The van der Waals surface area contributed by atoms with Gasteiger partial charge < -0.3 is 11.1 Å².